The number of hydrogen-bond acceptors (Lipinski definition) is 3. The summed E-state index contributed by atoms with van der Waals surface area (Å²) in [6, 6.07) is 1.66. The van der Waals surface area contributed by atoms with Crippen LogP contribution in [0.15, 0.2) is 23.0 Å². The standard InChI is InChI=1S/C18H29N3O3/c1-2-9-21(18(23)16-7-14-24-15-16)12-6-17(22)19-8-13-20-10-4-3-5-11-20/h7,14-15H,2-6,8-13H2,1H3,(H,19,22)/p+1. The summed E-state index contributed by atoms with van der Waals surface area (Å²) in [5, 5.41) is 2.98. The summed E-state index contributed by atoms with van der Waals surface area (Å²) in [5.41, 5.74) is 0.539. The second-order valence-electron chi connectivity index (χ2n) is 6.46. The summed E-state index contributed by atoms with van der Waals surface area (Å²) < 4.78 is 4.97. The minimum atomic E-state index is -0.0730. The van der Waals surface area contributed by atoms with E-state index in [0.717, 1.165) is 19.5 Å². The fraction of sp³-hybridized carbons (Fsp3) is 0.667. The molecule has 0 atom stereocenters. The first kappa shape index (κ1) is 18.5. The third-order valence-electron chi connectivity index (χ3n) is 4.52. The van der Waals surface area contributed by atoms with E-state index in [9.17, 15) is 9.59 Å². The fourth-order valence-electron chi connectivity index (χ4n) is 3.16. The summed E-state index contributed by atoms with van der Waals surface area (Å²) in [6.07, 6.45) is 8.09. The molecule has 2 N–H and O–H groups in total. The van der Waals surface area contributed by atoms with E-state index < -0.39 is 0 Å². The molecule has 1 aromatic heterocycles. The van der Waals surface area contributed by atoms with Gasteiger partial charge in [-0.25, -0.2) is 0 Å². The van der Waals surface area contributed by atoms with E-state index in [4.69, 9.17) is 4.42 Å². The maximum Gasteiger partial charge on any atom is 0.257 e. The van der Waals surface area contributed by atoms with Crippen molar-refractivity contribution >= 4 is 11.8 Å². The number of nitrogens with zero attached hydrogens (tertiary/aromatic N) is 1. The number of rotatable bonds is 9. The highest BCUT2D eigenvalue weighted by Crippen LogP contribution is 2.07. The lowest BCUT2D eigenvalue weighted by Gasteiger charge is -2.24. The number of amides is 2. The van der Waals surface area contributed by atoms with Gasteiger partial charge in [-0.2, -0.15) is 0 Å². The van der Waals surface area contributed by atoms with Crippen LogP contribution >= 0.6 is 0 Å². The molecular formula is C18H30N3O3+. The van der Waals surface area contributed by atoms with Crippen LogP contribution < -0.4 is 10.2 Å². The number of piperidine rings is 1. The smallest absolute Gasteiger partial charge is 0.257 e. The zero-order valence-electron chi connectivity index (χ0n) is 14.7. The molecular weight excluding hydrogens is 306 g/mol. The number of likely N-dealkylation sites (tertiary alicyclic amines) is 1. The number of hydrogen-bond donors (Lipinski definition) is 2. The highest BCUT2D eigenvalue weighted by molar-refractivity contribution is 5.94. The van der Waals surface area contributed by atoms with Crippen LogP contribution in [-0.4, -0.2) is 56.0 Å². The monoisotopic (exact) mass is 336 g/mol. The quantitative estimate of drug-likeness (QED) is 0.698. The lowest BCUT2D eigenvalue weighted by Crippen LogP contribution is -3.13. The molecule has 6 heteroatoms. The van der Waals surface area contributed by atoms with Gasteiger partial charge in [-0.3, -0.25) is 9.59 Å². The Morgan fingerprint density at radius 1 is 1.25 bits per heavy atom. The lowest BCUT2D eigenvalue weighted by molar-refractivity contribution is -0.903. The number of nitrogens with one attached hydrogen (secondary N) is 2. The Labute approximate surface area is 144 Å². The van der Waals surface area contributed by atoms with Gasteiger partial charge in [0.1, 0.15) is 6.26 Å². The first-order valence-electron chi connectivity index (χ1n) is 9.12. The Kier molecular flexibility index (Phi) is 7.82. The lowest BCUT2D eigenvalue weighted by atomic mass is 10.1. The largest absolute Gasteiger partial charge is 0.472 e. The van der Waals surface area contributed by atoms with Crippen molar-refractivity contribution < 1.29 is 18.9 Å². The molecule has 24 heavy (non-hydrogen) atoms. The van der Waals surface area contributed by atoms with Crippen LogP contribution in [0.25, 0.3) is 0 Å². The maximum atomic E-state index is 12.4. The van der Waals surface area contributed by atoms with Gasteiger partial charge < -0.3 is 19.5 Å². The number of carbonyl (C=O) groups excluding carboxylic acids is 2. The molecule has 0 aromatic carbocycles. The van der Waals surface area contributed by atoms with E-state index in [-0.39, 0.29) is 11.8 Å². The van der Waals surface area contributed by atoms with E-state index in [2.05, 4.69) is 5.32 Å². The first-order valence-corrected chi connectivity index (χ1v) is 9.12. The van der Waals surface area contributed by atoms with Gasteiger partial charge >= 0.3 is 0 Å². The Morgan fingerprint density at radius 2 is 2.04 bits per heavy atom. The molecule has 1 saturated heterocycles. The topological polar surface area (TPSA) is 67.0 Å². The van der Waals surface area contributed by atoms with Crippen molar-refractivity contribution in [2.75, 3.05) is 39.3 Å². The molecule has 1 aromatic rings. The second-order valence-corrected chi connectivity index (χ2v) is 6.46. The zero-order chi connectivity index (χ0) is 17.2. The Hall–Kier alpha value is -1.82. The molecule has 0 spiro atoms. The van der Waals surface area contributed by atoms with Crippen molar-refractivity contribution in [1.82, 2.24) is 10.2 Å². The Morgan fingerprint density at radius 3 is 2.71 bits per heavy atom. The summed E-state index contributed by atoms with van der Waals surface area (Å²) in [6.45, 7) is 7.28. The Balaban J connectivity index is 1.68. The van der Waals surface area contributed by atoms with Crippen molar-refractivity contribution in [3.8, 4) is 0 Å². The van der Waals surface area contributed by atoms with Crippen LogP contribution in [0.2, 0.25) is 0 Å². The maximum absolute atomic E-state index is 12.4. The normalized spacial score (nSPS) is 15.2. The first-order chi connectivity index (χ1) is 11.7. The molecule has 0 bridgehead atoms. The van der Waals surface area contributed by atoms with Crippen LogP contribution in [0.4, 0.5) is 0 Å². The van der Waals surface area contributed by atoms with Crippen LogP contribution in [0.3, 0.4) is 0 Å². The van der Waals surface area contributed by atoms with E-state index >= 15 is 0 Å². The highest BCUT2D eigenvalue weighted by Gasteiger charge is 2.17. The molecule has 6 nitrogen and oxygen atoms in total. The minimum Gasteiger partial charge on any atom is -0.472 e. The zero-order valence-corrected chi connectivity index (χ0v) is 14.7. The van der Waals surface area contributed by atoms with Gasteiger partial charge in [-0.05, 0) is 31.7 Å². The predicted octanol–water partition coefficient (Wildman–Crippen LogP) is 0.707. The molecule has 134 valence electrons. The molecule has 0 aliphatic carbocycles. The van der Waals surface area contributed by atoms with Gasteiger partial charge in [-0.1, -0.05) is 6.92 Å². The van der Waals surface area contributed by atoms with Gasteiger partial charge in [0.05, 0.1) is 38.0 Å². The van der Waals surface area contributed by atoms with E-state index in [1.807, 2.05) is 6.92 Å². The van der Waals surface area contributed by atoms with Crippen molar-refractivity contribution in [1.29, 1.82) is 0 Å². The van der Waals surface area contributed by atoms with Crippen molar-refractivity contribution in [3.05, 3.63) is 24.2 Å². The molecule has 2 heterocycles. The van der Waals surface area contributed by atoms with Gasteiger partial charge in [0.2, 0.25) is 5.91 Å². The SMILES string of the molecule is CCCN(CCC(=O)NCC[NH+]1CCCCC1)C(=O)c1ccoc1. The summed E-state index contributed by atoms with van der Waals surface area (Å²) in [5.74, 6) is -0.0522. The van der Waals surface area contributed by atoms with Crippen LogP contribution in [0, 0.1) is 0 Å². The van der Waals surface area contributed by atoms with Gasteiger partial charge in [0, 0.05) is 19.5 Å². The number of furan rings is 1. The van der Waals surface area contributed by atoms with E-state index in [1.54, 1.807) is 15.9 Å². The third kappa shape index (κ3) is 6.00. The molecule has 1 fully saturated rings. The summed E-state index contributed by atoms with van der Waals surface area (Å²) in [7, 11) is 0. The molecule has 0 unspecified atom stereocenters. The predicted molar refractivity (Wildman–Crippen MR) is 91.9 cm³/mol. The third-order valence-corrected chi connectivity index (χ3v) is 4.52. The molecule has 0 radical (unpaired) electrons. The molecule has 1 aliphatic rings. The number of quaternary nitrogens is 1. The fourth-order valence-corrected chi connectivity index (χ4v) is 3.16. The highest BCUT2D eigenvalue weighted by atomic mass is 16.3. The van der Waals surface area contributed by atoms with Crippen LogP contribution in [-0.2, 0) is 4.79 Å². The minimum absolute atomic E-state index is 0.0208. The Bertz CT molecular complexity index is 496. The van der Waals surface area contributed by atoms with Crippen LogP contribution in [0.1, 0.15) is 49.4 Å². The van der Waals surface area contributed by atoms with Gasteiger partial charge in [0.25, 0.3) is 5.91 Å². The number of carbonyl (C=O) groups is 2. The van der Waals surface area contributed by atoms with Crippen molar-refractivity contribution in [2.45, 2.75) is 39.0 Å². The van der Waals surface area contributed by atoms with E-state index in [1.165, 1.54) is 44.9 Å². The molecule has 2 rings (SSSR count). The van der Waals surface area contributed by atoms with Gasteiger partial charge in [-0.15, -0.1) is 0 Å². The summed E-state index contributed by atoms with van der Waals surface area (Å²) >= 11 is 0. The van der Waals surface area contributed by atoms with E-state index in [0.29, 0.717) is 25.1 Å². The molecule has 0 saturated carbocycles. The average Bonchev–Trinajstić information content (AvgIpc) is 3.13. The van der Waals surface area contributed by atoms with Crippen LogP contribution in [0.5, 0.6) is 0 Å². The van der Waals surface area contributed by atoms with Gasteiger partial charge in [0.15, 0.2) is 0 Å². The summed E-state index contributed by atoms with van der Waals surface area (Å²) in [4.78, 5) is 27.7. The van der Waals surface area contributed by atoms with Crippen molar-refractivity contribution in [2.24, 2.45) is 0 Å². The second kappa shape index (κ2) is 10.1. The molecule has 2 amide bonds. The average molecular weight is 336 g/mol. The van der Waals surface area contributed by atoms with Crippen molar-refractivity contribution in [3.63, 3.8) is 0 Å². The molecule has 1 aliphatic heterocycles.